The lowest BCUT2D eigenvalue weighted by Crippen LogP contribution is -2.51. The molecular weight excluding hydrogens is 326 g/mol. The minimum absolute atomic E-state index is 0.169. The highest BCUT2D eigenvalue weighted by molar-refractivity contribution is 5.80. The fraction of sp³-hybridized carbons (Fsp3) is 0.667. The highest BCUT2D eigenvalue weighted by atomic mass is 16.5. The van der Waals surface area contributed by atoms with Gasteiger partial charge in [0.1, 0.15) is 0 Å². The third-order valence-electron chi connectivity index (χ3n) is 5.12. The molecule has 1 heterocycles. The third kappa shape index (κ3) is 5.99. The number of hydrogen-bond acceptors (Lipinski definition) is 3. The monoisotopic (exact) mass is 361 g/mol. The maximum atomic E-state index is 5.78. The Balaban J connectivity index is 1.90. The molecule has 0 aliphatic carbocycles. The Bertz CT molecular complexity index is 563. The molecule has 0 saturated carbocycles. The van der Waals surface area contributed by atoms with Gasteiger partial charge in [0.25, 0.3) is 0 Å². The molecule has 1 aromatic rings. The maximum absolute atomic E-state index is 5.78. The summed E-state index contributed by atoms with van der Waals surface area (Å²) >= 11 is 0. The quantitative estimate of drug-likeness (QED) is 0.578. The van der Waals surface area contributed by atoms with Crippen molar-refractivity contribution in [2.24, 2.45) is 10.9 Å². The first-order valence-corrected chi connectivity index (χ1v) is 9.67. The van der Waals surface area contributed by atoms with Crippen molar-refractivity contribution in [2.45, 2.75) is 51.7 Å². The van der Waals surface area contributed by atoms with Crippen LogP contribution in [0.25, 0.3) is 0 Å². The molecular formula is C21H35N3O2. The average molecular weight is 362 g/mol. The van der Waals surface area contributed by atoms with E-state index in [1.807, 2.05) is 0 Å². The summed E-state index contributed by atoms with van der Waals surface area (Å²) in [7, 11) is 3.59. The zero-order valence-electron chi connectivity index (χ0n) is 17.0. The van der Waals surface area contributed by atoms with Gasteiger partial charge in [-0.15, -0.1) is 0 Å². The summed E-state index contributed by atoms with van der Waals surface area (Å²) in [6.45, 7) is 8.89. The largest absolute Gasteiger partial charge is 0.381 e. The second kappa shape index (κ2) is 9.93. The molecule has 2 rings (SSSR count). The van der Waals surface area contributed by atoms with Crippen LogP contribution in [0, 0.1) is 5.92 Å². The summed E-state index contributed by atoms with van der Waals surface area (Å²) in [5.41, 5.74) is 2.48. The van der Waals surface area contributed by atoms with Gasteiger partial charge in [-0.05, 0) is 30.4 Å². The Labute approximate surface area is 158 Å². The zero-order chi connectivity index (χ0) is 19.0. The van der Waals surface area contributed by atoms with Crippen LogP contribution in [0.5, 0.6) is 0 Å². The minimum Gasteiger partial charge on any atom is -0.381 e. The van der Waals surface area contributed by atoms with Gasteiger partial charge in [0.05, 0.1) is 11.6 Å². The van der Waals surface area contributed by atoms with Gasteiger partial charge >= 0.3 is 0 Å². The molecule has 5 heteroatoms. The molecule has 0 spiro atoms. The number of ether oxygens (including phenoxy) is 2. The van der Waals surface area contributed by atoms with Crippen LogP contribution in [0.4, 0.5) is 0 Å². The Morgan fingerprint density at radius 2 is 1.85 bits per heavy atom. The van der Waals surface area contributed by atoms with Crippen molar-refractivity contribution in [3.8, 4) is 0 Å². The van der Waals surface area contributed by atoms with E-state index in [-0.39, 0.29) is 11.6 Å². The van der Waals surface area contributed by atoms with Crippen molar-refractivity contribution in [3.63, 3.8) is 0 Å². The summed E-state index contributed by atoms with van der Waals surface area (Å²) in [5.74, 6) is 1.48. The number of hydrogen-bond donors (Lipinski definition) is 2. The molecule has 2 N–H and O–H groups in total. The second-order valence-corrected chi connectivity index (χ2v) is 7.63. The van der Waals surface area contributed by atoms with Gasteiger partial charge in [-0.3, -0.25) is 4.99 Å². The molecule has 1 atom stereocenters. The van der Waals surface area contributed by atoms with Crippen molar-refractivity contribution in [1.82, 2.24) is 10.6 Å². The molecule has 26 heavy (non-hydrogen) atoms. The van der Waals surface area contributed by atoms with E-state index < -0.39 is 0 Å². The van der Waals surface area contributed by atoms with Crippen LogP contribution in [-0.2, 0) is 15.9 Å². The fourth-order valence-corrected chi connectivity index (χ4v) is 3.34. The number of aliphatic imine (C=N–C) groups is 1. The van der Waals surface area contributed by atoms with E-state index in [1.165, 1.54) is 11.1 Å². The third-order valence-corrected chi connectivity index (χ3v) is 5.12. The molecule has 0 radical (unpaired) electrons. The topological polar surface area (TPSA) is 54.9 Å². The summed E-state index contributed by atoms with van der Waals surface area (Å²) in [4.78, 5) is 4.37. The number of rotatable bonds is 7. The molecule has 0 bridgehead atoms. The molecule has 5 nitrogen and oxygen atoms in total. The number of guanidine groups is 1. The Kier molecular flexibility index (Phi) is 7.91. The van der Waals surface area contributed by atoms with Gasteiger partial charge < -0.3 is 20.1 Å². The van der Waals surface area contributed by atoms with Crippen LogP contribution >= 0.6 is 0 Å². The predicted octanol–water partition coefficient (Wildman–Crippen LogP) is 3.31. The zero-order valence-corrected chi connectivity index (χ0v) is 17.0. The molecule has 146 valence electrons. The van der Waals surface area contributed by atoms with Crippen molar-refractivity contribution >= 4 is 5.96 Å². The summed E-state index contributed by atoms with van der Waals surface area (Å²) in [6.07, 6.45) is 2.93. The van der Waals surface area contributed by atoms with Crippen LogP contribution < -0.4 is 10.6 Å². The van der Waals surface area contributed by atoms with Crippen LogP contribution in [0.1, 0.15) is 50.8 Å². The maximum Gasteiger partial charge on any atom is 0.191 e. The van der Waals surface area contributed by atoms with E-state index in [4.69, 9.17) is 9.47 Å². The van der Waals surface area contributed by atoms with E-state index in [0.29, 0.717) is 5.92 Å². The second-order valence-electron chi connectivity index (χ2n) is 7.63. The number of nitrogens with zero attached hydrogens (tertiary/aromatic N) is 1. The van der Waals surface area contributed by atoms with Crippen LogP contribution in [0.2, 0.25) is 0 Å². The lowest BCUT2D eigenvalue weighted by atomic mass is 9.94. The Morgan fingerprint density at radius 1 is 1.19 bits per heavy atom. The average Bonchev–Trinajstić information content (AvgIpc) is 2.65. The molecule has 1 aromatic carbocycles. The number of benzene rings is 1. The van der Waals surface area contributed by atoms with E-state index in [9.17, 15) is 0 Å². The minimum atomic E-state index is -0.169. The predicted molar refractivity (Wildman–Crippen MR) is 108 cm³/mol. The number of nitrogens with one attached hydrogen (secondary N) is 2. The first-order chi connectivity index (χ1) is 12.5. The van der Waals surface area contributed by atoms with Crippen LogP contribution in [0.15, 0.2) is 29.3 Å². The highest BCUT2D eigenvalue weighted by Gasteiger charge is 2.32. The molecule has 0 aromatic heterocycles. The molecule has 1 saturated heterocycles. The van der Waals surface area contributed by atoms with Gasteiger partial charge in [0.2, 0.25) is 0 Å². The Hall–Kier alpha value is -1.59. The van der Waals surface area contributed by atoms with Gasteiger partial charge in [-0.25, -0.2) is 0 Å². The van der Waals surface area contributed by atoms with Crippen molar-refractivity contribution < 1.29 is 9.47 Å². The first kappa shape index (κ1) is 20.7. The van der Waals surface area contributed by atoms with Crippen molar-refractivity contribution in [3.05, 3.63) is 35.4 Å². The fourth-order valence-electron chi connectivity index (χ4n) is 3.34. The molecule has 0 amide bonds. The lowest BCUT2D eigenvalue weighted by Gasteiger charge is -2.36. The van der Waals surface area contributed by atoms with E-state index in [0.717, 1.165) is 45.0 Å². The lowest BCUT2D eigenvalue weighted by molar-refractivity contribution is -0.0855. The van der Waals surface area contributed by atoms with Crippen LogP contribution in [0.3, 0.4) is 0 Å². The highest BCUT2D eigenvalue weighted by Crippen LogP contribution is 2.23. The van der Waals surface area contributed by atoms with E-state index in [1.54, 1.807) is 14.2 Å². The van der Waals surface area contributed by atoms with Gasteiger partial charge in [0, 0.05) is 46.8 Å². The summed E-state index contributed by atoms with van der Waals surface area (Å²) in [6, 6.07) is 9.05. The normalized spacial score (nSPS) is 18.6. The Morgan fingerprint density at radius 3 is 2.38 bits per heavy atom. The van der Waals surface area contributed by atoms with Crippen LogP contribution in [-0.4, -0.2) is 45.5 Å². The van der Waals surface area contributed by atoms with Gasteiger partial charge in [-0.1, -0.05) is 38.1 Å². The summed E-state index contributed by atoms with van der Waals surface area (Å²) in [5, 5.41) is 6.90. The van der Waals surface area contributed by atoms with E-state index in [2.05, 4.69) is 60.7 Å². The standard InChI is InChI=1S/C21H35N3O2/c1-16(2)14-18-6-8-19(9-7-18)17(3)24-20(22-4)23-15-21(25-5)10-12-26-13-11-21/h6-9,16-17H,10-15H2,1-5H3,(H2,22,23,24). The van der Waals surface area contributed by atoms with Gasteiger partial charge in [0.15, 0.2) is 5.96 Å². The summed E-state index contributed by atoms with van der Waals surface area (Å²) < 4.78 is 11.2. The molecule has 1 aliphatic heterocycles. The SMILES string of the molecule is CN=C(NCC1(OC)CCOCC1)NC(C)c1ccc(CC(C)C)cc1. The van der Waals surface area contributed by atoms with Crippen molar-refractivity contribution in [1.29, 1.82) is 0 Å². The van der Waals surface area contributed by atoms with Gasteiger partial charge in [-0.2, -0.15) is 0 Å². The van der Waals surface area contributed by atoms with Crippen molar-refractivity contribution in [2.75, 3.05) is 33.9 Å². The molecule has 1 unspecified atom stereocenters. The first-order valence-electron chi connectivity index (χ1n) is 9.67. The number of methoxy groups -OCH3 is 1. The smallest absolute Gasteiger partial charge is 0.191 e. The molecule has 1 fully saturated rings. The molecule has 1 aliphatic rings. The van der Waals surface area contributed by atoms with E-state index >= 15 is 0 Å².